The van der Waals surface area contributed by atoms with Crippen molar-refractivity contribution in [3.8, 4) is 0 Å². The van der Waals surface area contributed by atoms with Gasteiger partial charge in [0, 0.05) is 30.5 Å². The minimum Gasteiger partial charge on any atom is -0.332 e. The Hall–Kier alpha value is -3.00. The second-order valence-electron chi connectivity index (χ2n) is 5.61. The van der Waals surface area contributed by atoms with E-state index in [2.05, 4.69) is 10.3 Å². The van der Waals surface area contributed by atoms with Crippen LogP contribution in [0.1, 0.15) is 15.9 Å². The highest BCUT2D eigenvalue weighted by atomic mass is 32.1. The molecule has 0 atom stereocenters. The molecule has 2 aromatic heterocycles. The van der Waals surface area contributed by atoms with Gasteiger partial charge < -0.3 is 10.2 Å². The van der Waals surface area contributed by atoms with Crippen LogP contribution in [0.3, 0.4) is 0 Å². The van der Waals surface area contributed by atoms with E-state index >= 15 is 0 Å². The Labute approximate surface area is 147 Å². The maximum Gasteiger partial charge on any atom is 0.271 e. The second kappa shape index (κ2) is 6.86. The number of amides is 2. The van der Waals surface area contributed by atoms with E-state index in [1.165, 1.54) is 33.9 Å². The zero-order chi connectivity index (χ0) is 18.0. The molecule has 0 fully saturated rings. The number of anilines is 1. The quantitative estimate of drug-likeness (QED) is 0.772. The van der Waals surface area contributed by atoms with Crippen molar-refractivity contribution < 1.29 is 9.59 Å². The lowest BCUT2D eigenvalue weighted by Gasteiger charge is -2.16. The molecule has 3 rings (SSSR count). The van der Waals surface area contributed by atoms with Gasteiger partial charge in [0.15, 0.2) is 4.96 Å². The van der Waals surface area contributed by atoms with Gasteiger partial charge in [0.05, 0.1) is 6.54 Å². The van der Waals surface area contributed by atoms with Gasteiger partial charge in [-0.05, 0) is 19.1 Å². The van der Waals surface area contributed by atoms with E-state index in [-0.39, 0.29) is 18.0 Å². The Kier molecular flexibility index (Phi) is 4.62. The fraction of sp³-hybridized carbons (Fsp3) is 0.176. The van der Waals surface area contributed by atoms with Crippen LogP contribution in [0.25, 0.3) is 4.96 Å². The summed E-state index contributed by atoms with van der Waals surface area (Å²) in [5.74, 6) is -0.887. The number of rotatable bonds is 4. The molecule has 0 unspecified atom stereocenters. The lowest BCUT2D eigenvalue weighted by Crippen LogP contribution is -2.38. The number of thiazole rings is 1. The monoisotopic (exact) mass is 356 g/mol. The molecule has 0 saturated carbocycles. The molecule has 0 spiro atoms. The van der Waals surface area contributed by atoms with Gasteiger partial charge in [-0.1, -0.05) is 17.7 Å². The van der Waals surface area contributed by atoms with E-state index < -0.39 is 11.5 Å². The Balaban J connectivity index is 1.71. The molecule has 2 amide bonds. The summed E-state index contributed by atoms with van der Waals surface area (Å²) < 4.78 is 1.32. The van der Waals surface area contributed by atoms with Gasteiger partial charge in [-0.15, -0.1) is 11.3 Å². The SMILES string of the molecule is Cc1ccc(NC(=O)CN(C)C(=O)c2cnc3sccn3c2=O)cc1. The zero-order valence-corrected chi connectivity index (χ0v) is 14.5. The molecule has 2 heterocycles. The molecule has 25 heavy (non-hydrogen) atoms. The number of hydrogen-bond donors (Lipinski definition) is 1. The highest BCUT2D eigenvalue weighted by Crippen LogP contribution is 2.09. The number of aryl methyl sites for hydroxylation is 1. The molecule has 0 radical (unpaired) electrons. The molecule has 128 valence electrons. The number of nitrogens with zero attached hydrogens (tertiary/aromatic N) is 3. The van der Waals surface area contributed by atoms with E-state index in [0.717, 1.165) is 5.56 Å². The molecule has 1 aromatic carbocycles. The molecule has 8 heteroatoms. The number of likely N-dealkylation sites (N-methyl/N-ethyl adjacent to an activating group) is 1. The molecule has 3 aromatic rings. The van der Waals surface area contributed by atoms with Crippen LogP contribution < -0.4 is 10.9 Å². The summed E-state index contributed by atoms with van der Waals surface area (Å²) in [6, 6.07) is 7.34. The maximum atomic E-state index is 12.5. The first kappa shape index (κ1) is 16.8. The van der Waals surface area contributed by atoms with Crippen LogP contribution in [0.15, 0.2) is 46.8 Å². The van der Waals surface area contributed by atoms with E-state index in [1.807, 2.05) is 19.1 Å². The van der Waals surface area contributed by atoms with Crippen LogP contribution in [0.2, 0.25) is 0 Å². The number of aromatic nitrogens is 2. The Morgan fingerprint density at radius 3 is 2.72 bits per heavy atom. The fourth-order valence-electron chi connectivity index (χ4n) is 2.30. The number of benzene rings is 1. The smallest absolute Gasteiger partial charge is 0.271 e. The summed E-state index contributed by atoms with van der Waals surface area (Å²) >= 11 is 1.31. The van der Waals surface area contributed by atoms with Crippen LogP contribution >= 0.6 is 11.3 Å². The number of carbonyl (C=O) groups excluding carboxylic acids is 2. The van der Waals surface area contributed by atoms with Crippen LogP contribution in [-0.2, 0) is 4.79 Å². The zero-order valence-electron chi connectivity index (χ0n) is 13.7. The first-order valence-corrected chi connectivity index (χ1v) is 8.40. The van der Waals surface area contributed by atoms with E-state index in [0.29, 0.717) is 10.6 Å². The molecule has 0 saturated heterocycles. The minimum atomic E-state index is -0.544. The average molecular weight is 356 g/mol. The topological polar surface area (TPSA) is 83.8 Å². The largest absolute Gasteiger partial charge is 0.332 e. The fourth-order valence-corrected chi connectivity index (χ4v) is 2.98. The van der Waals surface area contributed by atoms with Gasteiger partial charge >= 0.3 is 0 Å². The van der Waals surface area contributed by atoms with Gasteiger partial charge in [-0.2, -0.15) is 0 Å². The number of hydrogen-bond acceptors (Lipinski definition) is 5. The van der Waals surface area contributed by atoms with Crippen LogP contribution in [0, 0.1) is 6.92 Å². The third-order valence-corrected chi connectivity index (χ3v) is 4.41. The lowest BCUT2D eigenvalue weighted by atomic mass is 10.2. The van der Waals surface area contributed by atoms with Crippen molar-refractivity contribution in [2.75, 3.05) is 18.9 Å². The van der Waals surface area contributed by atoms with Crippen molar-refractivity contribution in [3.63, 3.8) is 0 Å². The maximum absolute atomic E-state index is 12.5. The van der Waals surface area contributed by atoms with Crippen LogP contribution in [0.4, 0.5) is 5.69 Å². The molecule has 0 aliphatic heterocycles. The minimum absolute atomic E-state index is 0.0680. The molecule has 0 aliphatic carbocycles. The van der Waals surface area contributed by atoms with Gasteiger partial charge in [-0.3, -0.25) is 18.8 Å². The molecular weight excluding hydrogens is 340 g/mol. The van der Waals surface area contributed by atoms with Crippen LogP contribution in [0.5, 0.6) is 0 Å². The van der Waals surface area contributed by atoms with E-state index in [1.54, 1.807) is 23.7 Å². The van der Waals surface area contributed by atoms with Gasteiger partial charge in [-0.25, -0.2) is 4.98 Å². The predicted octanol–water partition coefficient (Wildman–Crippen LogP) is 1.78. The number of carbonyl (C=O) groups is 2. The summed E-state index contributed by atoms with van der Waals surface area (Å²) in [7, 11) is 1.47. The van der Waals surface area contributed by atoms with Crippen molar-refractivity contribution in [1.82, 2.24) is 14.3 Å². The molecule has 7 nitrogen and oxygen atoms in total. The summed E-state index contributed by atoms with van der Waals surface area (Å²) in [4.78, 5) is 42.7. The van der Waals surface area contributed by atoms with Crippen molar-refractivity contribution >= 4 is 33.8 Å². The van der Waals surface area contributed by atoms with Crippen molar-refractivity contribution in [2.24, 2.45) is 0 Å². The number of fused-ring (bicyclic) bond motifs is 1. The standard InChI is InChI=1S/C17H16N4O3S/c1-11-3-5-12(6-4-11)19-14(22)10-20(2)15(23)13-9-18-17-21(16(13)24)7-8-25-17/h3-9H,10H2,1-2H3,(H,19,22). The van der Waals surface area contributed by atoms with Crippen molar-refractivity contribution in [2.45, 2.75) is 6.92 Å². The highest BCUT2D eigenvalue weighted by Gasteiger charge is 2.19. The second-order valence-corrected chi connectivity index (χ2v) is 6.48. The first-order valence-electron chi connectivity index (χ1n) is 7.52. The summed E-state index contributed by atoms with van der Waals surface area (Å²) in [5.41, 5.74) is 1.23. The van der Waals surface area contributed by atoms with E-state index in [4.69, 9.17) is 0 Å². The summed E-state index contributed by atoms with van der Waals surface area (Å²) in [6.07, 6.45) is 2.82. The lowest BCUT2D eigenvalue weighted by molar-refractivity contribution is -0.116. The normalized spacial score (nSPS) is 10.6. The Morgan fingerprint density at radius 1 is 1.28 bits per heavy atom. The molecule has 1 N–H and O–H groups in total. The van der Waals surface area contributed by atoms with Gasteiger partial charge in [0.1, 0.15) is 5.56 Å². The third kappa shape index (κ3) is 3.58. The Bertz CT molecular complexity index is 991. The van der Waals surface area contributed by atoms with Gasteiger partial charge in [0.2, 0.25) is 5.91 Å². The van der Waals surface area contributed by atoms with Crippen LogP contribution in [-0.4, -0.2) is 39.7 Å². The molecular formula is C17H16N4O3S. The predicted molar refractivity (Wildman–Crippen MR) is 96.1 cm³/mol. The van der Waals surface area contributed by atoms with Crippen molar-refractivity contribution in [3.05, 3.63) is 63.5 Å². The highest BCUT2D eigenvalue weighted by molar-refractivity contribution is 7.15. The van der Waals surface area contributed by atoms with E-state index in [9.17, 15) is 14.4 Å². The molecule has 0 bridgehead atoms. The Morgan fingerprint density at radius 2 is 2.00 bits per heavy atom. The average Bonchev–Trinajstić information content (AvgIpc) is 3.06. The van der Waals surface area contributed by atoms with Crippen molar-refractivity contribution in [1.29, 1.82) is 0 Å². The third-order valence-electron chi connectivity index (χ3n) is 3.64. The summed E-state index contributed by atoms with van der Waals surface area (Å²) in [5, 5.41) is 4.44. The molecule has 0 aliphatic rings. The number of nitrogens with one attached hydrogen (secondary N) is 1. The summed E-state index contributed by atoms with van der Waals surface area (Å²) in [6.45, 7) is 1.79. The van der Waals surface area contributed by atoms with Gasteiger partial charge in [0.25, 0.3) is 11.5 Å². The first-order chi connectivity index (χ1) is 12.0.